The first-order valence-electron chi connectivity index (χ1n) is 8.60. The average molecular weight is 357 g/mol. The lowest BCUT2D eigenvalue weighted by Crippen LogP contribution is -2.40. The van der Waals surface area contributed by atoms with Crippen molar-refractivity contribution in [3.05, 3.63) is 42.5 Å². The number of carbonyl (C=O) groups is 2. The van der Waals surface area contributed by atoms with Gasteiger partial charge in [-0.1, -0.05) is 0 Å². The van der Waals surface area contributed by atoms with E-state index in [2.05, 4.69) is 4.98 Å². The van der Waals surface area contributed by atoms with Crippen LogP contribution in [0.2, 0.25) is 0 Å². The van der Waals surface area contributed by atoms with Crippen LogP contribution in [0.1, 0.15) is 18.5 Å². The Kier molecular flexibility index (Phi) is 5.34. The molecule has 1 fully saturated rings. The van der Waals surface area contributed by atoms with Gasteiger partial charge < -0.3 is 26.0 Å². The number of hydrogen-bond donors (Lipinski definition) is 3. The summed E-state index contributed by atoms with van der Waals surface area (Å²) < 4.78 is 1.80. The fourth-order valence-electron chi connectivity index (χ4n) is 3.10. The number of carboxylic acids is 1. The highest BCUT2D eigenvalue weighted by Crippen LogP contribution is 2.25. The van der Waals surface area contributed by atoms with Crippen LogP contribution in [0, 0.1) is 5.92 Å². The Morgan fingerprint density at radius 2 is 2.00 bits per heavy atom. The summed E-state index contributed by atoms with van der Waals surface area (Å²) in [6.07, 6.45) is 4.96. The third-order valence-corrected chi connectivity index (χ3v) is 4.70. The first-order chi connectivity index (χ1) is 12.5. The van der Waals surface area contributed by atoms with Crippen molar-refractivity contribution < 1.29 is 14.7 Å². The first kappa shape index (κ1) is 18.1. The topological polar surface area (TPSA) is 127 Å². The molecule has 138 valence electrons. The van der Waals surface area contributed by atoms with Gasteiger partial charge in [0.1, 0.15) is 6.04 Å². The van der Waals surface area contributed by atoms with E-state index in [1.54, 1.807) is 22.0 Å². The van der Waals surface area contributed by atoms with Gasteiger partial charge in [0.15, 0.2) is 0 Å². The molecule has 1 amide bonds. The summed E-state index contributed by atoms with van der Waals surface area (Å²) >= 11 is 0. The molecule has 1 aromatic carbocycles. The fourth-order valence-corrected chi connectivity index (χ4v) is 3.10. The summed E-state index contributed by atoms with van der Waals surface area (Å²) in [6, 6.07) is 6.64. The molecule has 8 heteroatoms. The molecule has 3 rings (SSSR count). The van der Waals surface area contributed by atoms with E-state index < -0.39 is 12.0 Å². The van der Waals surface area contributed by atoms with Crippen molar-refractivity contribution >= 4 is 17.6 Å². The highest BCUT2D eigenvalue weighted by molar-refractivity contribution is 5.94. The highest BCUT2D eigenvalue weighted by Gasteiger charge is 2.25. The zero-order chi connectivity index (χ0) is 18.7. The zero-order valence-corrected chi connectivity index (χ0v) is 14.4. The minimum Gasteiger partial charge on any atom is -0.480 e. The molecule has 1 aliphatic heterocycles. The van der Waals surface area contributed by atoms with E-state index in [1.165, 1.54) is 0 Å². The number of hydrogen-bond acceptors (Lipinski definition) is 5. The van der Waals surface area contributed by atoms with Gasteiger partial charge in [0.25, 0.3) is 0 Å². The lowest BCUT2D eigenvalue weighted by atomic mass is 9.96. The molecule has 2 heterocycles. The lowest BCUT2D eigenvalue weighted by molar-refractivity contribution is -0.138. The van der Waals surface area contributed by atoms with Crippen molar-refractivity contribution in [2.75, 3.05) is 18.0 Å². The van der Waals surface area contributed by atoms with Crippen LogP contribution in [0.5, 0.6) is 0 Å². The van der Waals surface area contributed by atoms with Gasteiger partial charge in [0.05, 0.1) is 12.0 Å². The third-order valence-electron chi connectivity index (χ3n) is 4.70. The van der Waals surface area contributed by atoms with Gasteiger partial charge in [-0.05, 0) is 43.1 Å². The van der Waals surface area contributed by atoms with Gasteiger partial charge >= 0.3 is 5.97 Å². The molecule has 0 spiro atoms. The van der Waals surface area contributed by atoms with Gasteiger partial charge in [0, 0.05) is 37.0 Å². The third kappa shape index (κ3) is 3.92. The van der Waals surface area contributed by atoms with E-state index in [4.69, 9.17) is 16.6 Å². The summed E-state index contributed by atoms with van der Waals surface area (Å²) in [5.74, 6) is -0.668. The number of amides is 1. The number of benzene rings is 1. The van der Waals surface area contributed by atoms with E-state index >= 15 is 0 Å². The number of carbonyl (C=O) groups excluding carboxylic acids is 1. The molecule has 0 aliphatic carbocycles. The van der Waals surface area contributed by atoms with Crippen LogP contribution in [0.25, 0.3) is 5.69 Å². The maximum absolute atomic E-state index is 12.3. The van der Waals surface area contributed by atoms with Crippen molar-refractivity contribution in [1.82, 2.24) is 9.55 Å². The van der Waals surface area contributed by atoms with Gasteiger partial charge in [0.2, 0.25) is 5.91 Å². The Bertz CT molecular complexity index is 786. The quantitative estimate of drug-likeness (QED) is 0.692. The molecule has 2 atom stereocenters. The normalized spacial score (nSPS) is 18.8. The van der Waals surface area contributed by atoms with Gasteiger partial charge in [-0.2, -0.15) is 0 Å². The first-order valence-corrected chi connectivity index (χ1v) is 8.60. The maximum atomic E-state index is 12.3. The summed E-state index contributed by atoms with van der Waals surface area (Å²) in [5.41, 5.74) is 13.6. The molecule has 1 aliphatic rings. The zero-order valence-electron chi connectivity index (χ0n) is 14.4. The Morgan fingerprint density at radius 3 is 2.62 bits per heavy atom. The summed E-state index contributed by atoms with van der Waals surface area (Å²) in [7, 11) is 0. The van der Waals surface area contributed by atoms with Crippen LogP contribution in [-0.2, 0) is 16.0 Å². The fraction of sp³-hybridized carbons (Fsp3) is 0.389. The number of anilines is 1. The van der Waals surface area contributed by atoms with Crippen LogP contribution in [0.3, 0.4) is 0 Å². The van der Waals surface area contributed by atoms with Gasteiger partial charge in [-0.25, -0.2) is 4.98 Å². The molecule has 1 saturated heterocycles. The minimum atomic E-state index is -1.05. The number of nitrogens with zero attached hydrogens (tertiary/aromatic N) is 3. The van der Waals surface area contributed by atoms with Gasteiger partial charge in [-0.15, -0.1) is 0 Å². The number of carboxylic acid groups (broad SMARTS) is 1. The van der Waals surface area contributed by atoms with E-state index in [0.717, 1.165) is 17.8 Å². The molecule has 5 N–H and O–H groups in total. The van der Waals surface area contributed by atoms with Crippen LogP contribution >= 0.6 is 0 Å². The number of aromatic nitrogens is 2. The van der Waals surface area contributed by atoms with Crippen LogP contribution < -0.4 is 16.4 Å². The maximum Gasteiger partial charge on any atom is 0.320 e. The standard InChI is InChI=1S/C18H23N5O3/c19-9-12-5-6-23(17(24)7-12)15-3-1-14(2-4-15)22-10-13(21-11-22)8-16(20)18(25)26/h1-4,10-12,16H,5-9,19-20H2,(H,25,26). The van der Waals surface area contributed by atoms with Crippen molar-refractivity contribution in [2.45, 2.75) is 25.3 Å². The molecular formula is C18H23N5O3. The number of rotatable bonds is 6. The van der Waals surface area contributed by atoms with E-state index in [-0.39, 0.29) is 18.2 Å². The number of imidazole rings is 1. The highest BCUT2D eigenvalue weighted by atomic mass is 16.4. The Labute approximate surface area is 151 Å². The monoisotopic (exact) mass is 357 g/mol. The molecule has 0 bridgehead atoms. The molecular weight excluding hydrogens is 334 g/mol. The van der Waals surface area contributed by atoms with Crippen LogP contribution in [0.4, 0.5) is 5.69 Å². The van der Waals surface area contributed by atoms with Crippen molar-refractivity contribution in [3.63, 3.8) is 0 Å². The number of aliphatic carboxylic acids is 1. The summed E-state index contributed by atoms with van der Waals surface area (Å²) in [6.45, 7) is 1.23. The minimum absolute atomic E-state index is 0.104. The van der Waals surface area contributed by atoms with Crippen LogP contribution in [-0.4, -0.2) is 45.7 Å². The largest absolute Gasteiger partial charge is 0.480 e. The average Bonchev–Trinajstić information content (AvgIpc) is 3.10. The molecule has 8 nitrogen and oxygen atoms in total. The molecule has 2 unspecified atom stereocenters. The van der Waals surface area contributed by atoms with Crippen LogP contribution in [0.15, 0.2) is 36.8 Å². The van der Waals surface area contributed by atoms with Crippen molar-refractivity contribution in [3.8, 4) is 5.69 Å². The molecule has 0 radical (unpaired) electrons. The SMILES string of the molecule is NCC1CCN(c2ccc(-n3cnc(CC(N)C(=O)O)c3)cc2)C(=O)C1. The number of piperidine rings is 1. The lowest BCUT2D eigenvalue weighted by Gasteiger charge is -2.31. The second-order valence-corrected chi connectivity index (χ2v) is 6.58. The molecule has 1 aromatic heterocycles. The van der Waals surface area contributed by atoms with E-state index in [9.17, 15) is 9.59 Å². The predicted molar refractivity (Wildman–Crippen MR) is 97.0 cm³/mol. The predicted octanol–water partition coefficient (Wildman–Crippen LogP) is 0.528. The van der Waals surface area contributed by atoms with Gasteiger partial charge in [-0.3, -0.25) is 9.59 Å². The van der Waals surface area contributed by atoms with E-state index in [1.807, 2.05) is 24.3 Å². The smallest absolute Gasteiger partial charge is 0.320 e. The molecule has 26 heavy (non-hydrogen) atoms. The Hall–Kier alpha value is -2.71. The second kappa shape index (κ2) is 7.67. The summed E-state index contributed by atoms with van der Waals surface area (Å²) in [5, 5.41) is 8.88. The Morgan fingerprint density at radius 1 is 1.31 bits per heavy atom. The number of nitrogens with two attached hydrogens (primary N) is 2. The second-order valence-electron chi connectivity index (χ2n) is 6.58. The molecule has 2 aromatic rings. The summed E-state index contributed by atoms with van der Waals surface area (Å²) in [4.78, 5) is 29.1. The molecule has 0 saturated carbocycles. The van der Waals surface area contributed by atoms with E-state index in [0.29, 0.717) is 25.2 Å². The van der Waals surface area contributed by atoms with Crippen molar-refractivity contribution in [1.29, 1.82) is 0 Å². The van der Waals surface area contributed by atoms with Crippen molar-refractivity contribution in [2.24, 2.45) is 17.4 Å². The Balaban J connectivity index is 1.69.